The summed E-state index contributed by atoms with van der Waals surface area (Å²) in [6.45, 7) is 5.74. The number of benzene rings is 1. The molecule has 0 bridgehead atoms. The number of nitrogens with zero attached hydrogens (tertiary/aromatic N) is 1. The first-order valence-corrected chi connectivity index (χ1v) is 6.27. The molecule has 0 aromatic heterocycles. The lowest BCUT2D eigenvalue weighted by Gasteiger charge is -2.31. The van der Waals surface area contributed by atoms with Gasteiger partial charge in [-0.2, -0.15) is 0 Å². The molecule has 2 rings (SSSR count). The van der Waals surface area contributed by atoms with Crippen LogP contribution in [0.3, 0.4) is 0 Å². The Morgan fingerprint density at radius 2 is 1.74 bits per heavy atom. The fraction of sp³-hybridized carbons (Fsp3) is 0.400. The number of amides is 1. The van der Waals surface area contributed by atoms with Crippen molar-refractivity contribution >= 4 is 17.5 Å². The van der Waals surface area contributed by atoms with E-state index in [4.69, 9.17) is 0 Å². The molecule has 1 heterocycles. The topological polar surface area (TPSA) is 54.5 Å². The van der Waals surface area contributed by atoms with Crippen LogP contribution in [0.25, 0.3) is 0 Å². The Labute approximate surface area is 112 Å². The molecular weight excluding hydrogens is 242 g/mol. The van der Waals surface area contributed by atoms with E-state index in [1.165, 1.54) is 4.90 Å². The van der Waals surface area contributed by atoms with E-state index in [0.717, 1.165) is 0 Å². The molecule has 4 nitrogen and oxygen atoms in total. The molecule has 1 atom stereocenters. The Balaban J connectivity index is 2.26. The second-order valence-electron chi connectivity index (χ2n) is 5.73. The average molecular weight is 259 g/mol. The zero-order valence-electron chi connectivity index (χ0n) is 11.3. The summed E-state index contributed by atoms with van der Waals surface area (Å²) in [5.41, 5.74) is 0.0303. The van der Waals surface area contributed by atoms with Crippen LogP contribution in [0, 0.1) is 5.92 Å². The van der Waals surface area contributed by atoms with Gasteiger partial charge in [0, 0.05) is 17.6 Å². The van der Waals surface area contributed by atoms with Gasteiger partial charge in [0.15, 0.2) is 5.78 Å². The summed E-state index contributed by atoms with van der Waals surface area (Å²) in [7, 11) is 0. The molecule has 100 valence electrons. The van der Waals surface area contributed by atoms with Gasteiger partial charge in [0.2, 0.25) is 5.78 Å². The van der Waals surface area contributed by atoms with E-state index < -0.39 is 23.1 Å². The van der Waals surface area contributed by atoms with Gasteiger partial charge < -0.3 is 4.90 Å². The van der Waals surface area contributed by atoms with Gasteiger partial charge in [-0.3, -0.25) is 14.4 Å². The Morgan fingerprint density at radius 3 is 2.21 bits per heavy atom. The highest BCUT2D eigenvalue weighted by molar-refractivity contribution is 6.43. The van der Waals surface area contributed by atoms with E-state index in [0.29, 0.717) is 5.56 Å². The third-order valence-corrected chi connectivity index (χ3v) is 3.32. The van der Waals surface area contributed by atoms with Crippen molar-refractivity contribution in [1.29, 1.82) is 0 Å². The highest BCUT2D eigenvalue weighted by Gasteiger charge is 2.46. The summed E-state index contributed by atoms with van der Waals surface area (Å²) in [4.78, 5) is 37.6. The Hall–Kier alpha value is -1.97. The lowest BCUT2D eigenvalue weighted by Crippen LogP contribution is -2.43. The molecule has 0 unspecified atom stereocenters. The zero-order valence-corrected chi connectivity index (χ0v) is 11.3. The third-order valence-electron chi connectivity index (χ3n) is 3.32. The van der Waals surface area contributed by atoms with Crippen LogP contribution in [-0.4, -0.2) is 34.5 Å². The predicted molar refractivity (Wildman–Crippen MR) is 70.7 cm³/mol. The highest BCUT2D eigenvalue weighted by atomic mass is 16.2. The lowest BCUT2D eigenvalue weighted by atomic mass is 9.96. The van der Waals surface area contributed by atoms with Crippen LogP contribution in [-0.2, 0) is 9.59 Å². The molecule has 1 amide bonds. The second kappa shape index (κ2) is 4.61. The van der Waals surface area contributed by atoms with Crippen molar-refractivity contribution in [3.05, 3.63) is 35.9 Å². The molecular formula is C15H17NO3. The second-order valence-corrected chi connectivity index (χ2v) is 5.73. The molecule has 0 aliphatic carbocycles. The molecule has 1 saturated heterocycles. The summed E-state index contributed by atoms with van der Waals surface area (Å²) in [5, 5.41) is 0. The van der Waals surface area contributed by atoms with Crippen molar-refractivity contribution in [3.8, 4) is 0 Å². The number of carbonyl (C=O) groups excluding carboxylic acids is 3. The predicted octanol–water partition coefficient (Wildman–Crippen LogP) is 1.70. The van der Waals surface area contributed by atoms with Crippen LogP contribution in [0.1, 0.15) is 31.1 Å². The molecule has 1 fully saturated rings. The molecule has 4 heteroatoms. The Kier molecular flexibility index (Phi) is 3.27. The quantitative estimate of drug-likeness (QED) is 0.461. The van der Waals surface area contributed by atoms with Crippen molar-refractivity contribution in [2.24, 2.45) is 5.92 Å². The fourth-order valence-electron chi connectivity index (χ4n) is 2.21. The third kappa shape index (κ3) is 2.43. The SMILES string of the molecule is CC(C)(C)N1C[C@@H](C(=O)c2ccccc2)C(=O)C1=O. The normalized spacial score (nSPS) is 19.9. The number of rotatable bonds is 2. The number of ketones is 2. The first kappa shape index (κ1) is 13.5. The maximum Gasteiger partial charge on any atom is 0.291 e. The largest absolute Gasteiger partial charge is 0.330 e. The summed E-state index contributed by atoms with van der Waals surface area (Å²) in [5.74, 6) is -2.29. The minimum absolute atomic E-state index is 0.175. The van der Waals surface area contributed by atoms with Crippen molar-refractivity contribution in [3.63, 3.8) is 0 Å². The van der Waals surface area contributed by atoms with Crippen molar-refractivity contribution in [1.82, 2.24) is 4.90 Å². The van der Waals surface area contributed by atoms with Gasteiger partial charge in [-0.05, 0) is 20.8 Å². The number of likely N-dealkylation sites (tertiary alicyclic amines) is 1. The molecule has 0 N–H and O–H groups in total. The van der Waals surface area contributed by atoms with E-state index in [2.05, 4.69) is 0 Å². The van der Waals surface area contributed by atoms with Crippen LogP contribution < -0.4 is 0 Å². The van der Waals surface area contributed by atoms with Crippen molar-refractivity contribution in [2.45, 2.75) is 26.3 Å². The number of carbonyl (C=O) groups is 3. The number of Topliss-reactive ketones (excluding diaryl/α,β-unsaturated/α-hetero) is 2. The van der Waals surface area contributed by atoms with Crippen LogP contribution in [0.5, 0.6) is 0 Å². The first-order chi connectivity index (χ1) is 8.82. The van der Waals surface area contributed by atoms with Gasteiger partial charge >= 0.3 is 0 Å². The van der Waals surface area contributed by atoms with Gasteiger partial charge in [0.05, 0.1) is 0 Å². The minimum Gasteiger partial charge on any atom is -0.330 e. The van der Waals surface area contributed by atoms with Crippen LogP contribution >= 0.6 is 0 Å². The van der Waals surface area contributed by atoms with Gasteiger partial charge in [0.25, 0.3) is 5.91 Å². The molecule has 1 aliphatic rings. The maximum absolute atomic E-state index is 12.3. The van der Waals surface area contributed by atoms with Crippen molar-refractivity contribution in [2.75, 3.05) is 6.54 Å². The standard InChI is InChI=1S/C15H17NO3/c1-15(2,3)16-9-11(13(18)14(16)19)12(17)10-7-5-4-6-8-10/h4-8,11H,9H2,1-3H3/t11-/m0/s1. The molecule has 1 aliphatic heterocycles. The average Bonchev–Trinajstić information content (AvgIpc) is 2.66. The monoisotopic (exact) mass is 259 g/mol. The smallest absolute Gasteiger partial charge is 0.291 e. The number of hydrogen-bond donors (Lipinski definition) is 0. The highest BCUT2D eigenvalue weighted by Crippen LogP contribution is 2.25. The van der Waals surface area contributed by atoms with E-state index in [1.807, 2.05) is 20.8 Å². The summed E-state index contributed by atoms with van der Waals surface area (Å²) in [6, 6.07) is 8.63. The number of hydrogen-bond acceptors (Lipinski definition) is 3. The van der Waals surface area contributed by atoms with Crippen molar-refractivity contribution < 1.29 is 14.4 Å². The molecule has 19 heavy (non-hydrogen) atoms. The first-order valence-electron chi connectivity index (χ1n) is 6.27. The summed E-state index contributed by atoms with van der Waals surface area (Å²) in [6.07, 6.45) is 0. The van der Waals surface area contributed by atoms with Gasteiger partial charge in [-0.25, -0.2) is 0 Å². The van der Waals surface area contributed by atoms with E-state index in [-0.39, 0.29) is 12.3 Å². The molecule has 0 radical (unpaired) electrons. The van der Waals surface area contributed by atoms with Gasteiger partial charge in [0.1, 0.15) is 5.92 Å². The van der Waals surface area contributed by atoms with Crippen LogP contribution in [0.4, 0.5) is 0 Å². The van der Waals surface area contributed by atoms with Crippen LogP contribution in [0.15, 0.2) is 30.3 Å². The lowest BCUT2D eigenvalue weighted by molar-refractivity contribution is -0.142. The minimum atomic E-state index is -0.867. The molecule has 1 aromatic carbocycles. The zero-order chi connectivity index (χ0) is 14.2. The van der Waals surface area contributed by atoms with E-state index in [9.17, 15) is 14.4 Å². The van der Waals surface area contributed by atoms with E-state index >= 15 is 0 Å². The maximum atomic E-state index is 12.3. The Morgan fingerprint density at radius 1 is 1.16 bits per heavy atom. The van der Waals surface area contributed by atoms with E-state index in [1.54, 1.807) is 30.3 Å². The molecule has 0 saturated carbocycles. The van der Waals surface area contributed by atoms with Gasteiger partial charge in [-0.1, -0.05) is 30.3 Å². The van der Waals surface area contributed by atoms with Gasteiger partial charge in [-0.15, -0.1) is 0 Å². The summed E-state index contributed by atoms with van der Waals surface area (Å²) >= 11 is 0. The molecule has 0 spiro atoms. The Bertz CT molecular complexity index is 528. The fourth-order valence-corrected chi connectivity index (χ4v) is 2.21. The summed E-state index contributed by atoms with van der Waals surface area (Å²) < 4.78 is 0. The van der Waals surface area contributed by atoms with Crippen LogP contribution in [0.2, 0.25) is 0 Å². The molecule has 1 aromatic rings.